The topological polar surface area (TPSA) is 15.3 Å². The van der Waals surface area contributed by atoms with E-state index in [-0.39, 0.29) is 0 Å². The zero-order valence-electron chi connectivity index (χ0n) is 10.4. The Hall–Kier alpha value is -1.12. The highest BCUT2D eigenvalue weighted by molar-refractivity contribution is 5.19. The van der Waals surface area contributed by atoms with Crippen LogP contribution >= 0.6 is 0 Å². The van der Waals surface area contributed by atoms with E-state index >= 15 is 0 Å². The molecular weight excluding hydrogens is 208 g/mol. The van der Waals surface area contributed by atoms with Gasteiger partial charge in [0, 0.05) is 19.1 Å². The maximum absolute atomic E-state index is 3.75. The molecule has 1 aliphatic heterocycles. The van der Waals surface area contributed by atoms with Crippen molar-refractivity contribution in [2.75, 3.05) is 26.2 Å². The second-order valence-corrected chi connectivity index (χ2v) is 4.62. The van der Waals surface area contributed by atoms with Crippen molar-refractivity contribution in [3.8, 4) is 0 Å². The fraction of sp³-hybridized carbons (Fsp3) is 0.467. The highest BCUT2D eigenvalue weighted by atomic mass is 15.2. The Kier molecular flexibility index (Phi) is 4.77. The Balaban J connectivity index is 2.03. The minimum Gasteiger partial charge on any atom is -0.311 e. The Morgan fingerprint density at radius 2 is 1.94 bits per heavy atom. The van der Waals surface area contributed by atoms with Gasteiger partial charge in [0.05, 0.1) is 0 Å². The van der Waals surface area contributed by atoms with Gasteiger partial charge in [-0.1, -0.05) is 36.4 Å². The van der Waals surface area contributed by atoms with Gasteiger partial charge >= 0.3 is 0 Å². The normalized spacial score (nSPS) is 18.1. The van der Waals surface area contributed by atoms with Gasteiger partial charge in [-0.2, -0.15) is 0 Å². The monoisotopic (exact) mass is 230 g/mol. The molecule has 1 N–H and O–H groups in total. The number of likely N-dealkylation sites (tertiary alicyclic amines) is 1. The third-order valence-electron chi connectivity index (χ3n) is 3.39. The van der Waals surface area contributed by atoms with Crippen molar-refractivity contribution in [3.63, 3.8) is 0 Å². The van der Waals surface area contributed by atoms with Crippen LogP contribution in [0.3, 0.4) is 0 Å². The minimum atomic E-state index is 0.513. The van der Waals surface area contributed by atoms with Crippen LogP contribution in [0.5, 0.6) is 0 Å². The van der Waals surface area contributed by atoms with Crippen LogP contribution in [0.4, 0.5) is 0 Å². The van der Waals surface area contributed by atoms with Crippen LogP contribution in [0.25, 0.3) is 0 Å². The number of rotatable bonds is 6. The average Bonchev–Trinajstić information content (AvgIpc) is 2.89. The van der Waals surface area contributed by atoms with Gasteiger partial charge in [-0.3, -0.25) is 4.90 Å². The van der Waals surface area contributed by atoms with Gasteiger partial charge in [0.2, 0.25) is 0 Å². The molecule has 0 bridgehead atoms. The molecule has 0 saturated carbocycles. The summed E-state index contributed by atoms with van der Waals surface area (Å²) < 4.78 is 0. The lowest BCUT2D eigenvalue weighted by Crippen LogP contribution is -2.34. The smallest absolute Gasteiger partial charge is 0.0472 e. The molecule has 0 aromatic heterocycles. The summed E-state index contributed by atoms with van der Waals surface area (Å²) in [5.74, 6) is 0. The molecule has 2 rings (SSSR count). The molecule has 17 heavy (non-hydrogen) atoms. The molecule has 0 radical (unpaired) electrons. The van der Waals surface area contributed by atoms with Gasteiger partial charge in [0.1, 0.15) is 0 Å². The van der Waals surface area contributed by atoms with Crippen LogP contribution in [0.15, 0.2) is 43.0 Å². The number of nitrogens with zero attached hydrogens (tertiary/aromatic N) is 1. The predicted molar refractivity (Wildman–Crippen MR) is 73.1 cm³/mol. The number of hydrogen-bond acceptors (Lipinski definition) is 2. The molecule has 1 fully saturated rings. The van der Waals surface area contributed by atoms with Crippen molar-refractivity contribution >= 4 is 0 Å². The number of nitrogens with one attached hydrogen (secondary N) is 1. The molecular formula is C15H22N2. The summed E-state index contributed by atoms with van der Waals surface area (Å²) in [5.41, 5.74) is 1.42. The Morgan fingerprint density at radius 3 is 2.59 bits per heavy atom. The molecule has 92 valence electrons. The molecule has 0 spiro atoms. The quantitative estimate of drug-likeness (QED) is 0.597. The maximum atomic E-state index is 3.75. The van der Waals surface area contributed by atoms with E-state index in [4.69, 9.17) is 0 Å². The SMILES string of the molecule is C=CCNCC(c1ccccc1)N1CCCC1. The van der Waals surface area contributed by atoms with E-state index in [0.29, 0.717) is 6.04 Å². The molecule has 1 heterocycles. The largest absolute Gasteiger partial charge is 0.311 e. The van der Waals surface area contributed by atoms with E-state index in [1.54, 1.807) is 0 Å². The maximum Gasteiger partial charge on any atom is 0.0472 e. The predicted octanol–water partition coefficient (Wildman–Crippen LogP) is 2.60. The number of benzene rings is 1. The highest BCUT2D eigenvalue weighted by Gasteiger charge is 2.22. The molecule has 0 aliphatic carbocycles. The van der Waals surface area contributed by atoms with E-state index < -0.39 is 0 Å². The molecule has 1 saturated heterocycles. The Morgan fingerprint density at radius 1 is 1.24 bits per heavy atom. The fourth-order valence-electron chi connectivity index (χ4n) is 2.51. The lowest BCUT2D eigenvalue weighted by atomic mass is 10.1. The van der Waals surface area contributed by atoms with Crippen molar-refractivity contribution in [1.29, 1.82) is 0 Å². The Bertz CT molecular complexity index is 328. The van der Waals surface area contributed by atoms with E-state index in [2.05, 4.69) is 47.1 Å². The van der Waals surface area contributed by atoms with Crippen LogP contribution in [-0.4, -0.2) is 31.1 Å². The van der Waals surface area contributed by atoms with Crippen molar-refractivity contribution in [3.05, 3.63) is 48.6 Å². The molecule has 1 aromatic carbocycles. The average molecular weight is 230 g/mol. The van der Waals surface area contributed by atoms with Crippen molar-refractivity contribution < 1.29 is 0 Å². The molecule has 1 unspecified atom stereocenters. The third-order valence-corrected chi connectivity index (χ3v) is 3.39. The fourth-order valence-corrected chi connectivity index (χ4v) is 2.51. The molecule has 2 nitrogen and oxygen atoms in total. The van der Waals surface area contributed by atoms with Gasteiger partial charge in [-0.15, -0.1) is 6.58 Å². The zero-order chi connectivity index (χ0) is 11.9. The molecule has 2 heteroatoms. The van der Waals surface area contributed by atoms with E-state index in [0.717, 1.165) is 13.1 Å². The molecule has 0 amide bonds. The highest BCUT2D eigenvalue weighted by Crippen LogP contribution is 2.24. The van der Waals surface area contributed by atoms with Gasteiger partial charge in [0.15, 0.2) is 0 Å². The first kappa shape index (κ1) is 12.3. The van der Waals surface area contributed by atoms with Crippen LogP contribution in [0.1, 0.15) is 24.4 Å². The van der Waals surface area contributed by atoms with Crippen LogP contribution in [0.2, 0.25) is 0 Å². The first-order valence-corrected chi connectivity index (χ1v) is 6.52. The van der Waals surface area contributed by atoms with E-state index in [1.807, 2.05) is 6.08 Å². The van der Waals surface area contributed by atoms with Gasteiger partial charge in [-0.05, 0) is 31.5 Å². The minimum absolute atomic E-state index is 0.513. The van der Waals surface area contributed by atoms with Crippen molar-refractivity contribution in [1.82, 2.24) is 10.2 Å². The summed E-state index contributed by atoms with van der Waals surface area (Å²) in [7, 11) is 0. The van der Waals surface area contributed by atoms with Crippen molar-refractivity contribution in [2.45, 2.75) is 18.9 Å². The lowest BCUT2D eigenvalue weighted by Gasteiger charge is -2.28. The summed E-state index contributed by atoms with van der Waals surface area (Å²) in [6.07, 6.45) is 4.60. The second kappa shape index (κ2) is 6.58. The van der Waals surface area contributed by atoms with E-state index in [1.165, 1.54) is 31.5 Å². The summed E-state index contributed by atoms with van der Waals surface area (Å²) in [4.78, 5) is 2.59. The molecule has 1 aromatic rings. The second-order valence-electron chi connectivity index (χ2n) is 4.62. The Labute approximate surface area is 104 Å². The zero-order valence-corrected chi connectivity index (χ0v) is 10.4. The summed E-state index contributed by atoms with van der Waals surface area (Å²) >= 11 is 0. The molecule has 1 atom stereocenters. The van der Waals surface area contributed by atoms with Crippen LogP contribution in [0, 0.1) is 0 Å². The molecule has 1 aliphatic rings. The summed E-state index contributed by atoms with van der Waals surface area (Å²) in [6, 6.07) is 11.3. The first-order chi connectivity index (χ1) is 8.42. The van der Waals surface area contributed by atoms with Gasteiger partial charge in [0.25, 0.3) is 0 Å². The number of hydrogen-bond donors (Lipinski definition) is 1. The summed E-state index contributed by atoms with van der Waals surface area (Å²) in [5, 5.41) is 3.45. The van der Waals surface area contributed by atoms with Crippen molar-refractivity contribution in [2.24, 2.45) is 0 Å². The van der Waals surface area contributed by atoms with Gasteiger partial charge < -0.3 is 5.32 Å². The summed E-state index contributed by atoms with van der Waals surface area (Å²) in [6.45, 7) is 8.11. The lowest BCUT2D eigenvalue weighted by molar-refractivity contribution is 0.240. The van der Waals surface area contributed by atoms with Gasteiger partial charge in [-0.25, -0.2) is 0 Å². The standard InChI is InChI=1S/C15H22N2/c1-2-10-16-13-15(17-11-6-7-12-17)14-8-4-3-5-9-14/h2-5,8-9,15-16H,1,6-7,10-13H2. The third kappa shape index (κ3) is 3.42. The van der Waals surface area contributed by atoms with Crippen LogP contribution < -0.4 is 5.32 Å². The van der Waals surface area contributed by atoms with E-state index in [9.17, 15) is 0 Å². The van der Waals surface area contributed by atoms with Crippen LogP contribution in [-0.2, 0) is 0 Å². The first-order valence-electron chi connectivity index (χ1n) is 6.52.